The molecule has 0 fully saturated rings. The van der Waals surface area contributed by atoms with Crippen LogP contribution in [-0.4, -0.2) is 16.7 Å². The molecule has 0 unspecified atom stereocenters. The van der Waals surface area contributed by atoms with Gasteiger partial charge in [0.2, 0.25) is 11.8 Å². The smallest absolute Gasteiger partial charge is 0.226 e. The lowest BCUT2D eigenvalue weighted by atomic mass is 10.0. The number of nitrogens with zero attached hydrogens (tertiary/aromatic N) is 1. The van der Waals surface area contributed by atoms with Crippen LogP contribution < -0.4 is 0 Å². The minimum atomic E-state index is -0.221. The zero-order valence-electron chi connectivity index (χ0n) is 10.2. The van der Waals surface area contributed by atoms with Gasteiger partial charge in [-0.2, -0.15) is 0 Å². The van der Waals surface area contributed by atoms with Gasteiger partial charge in [-0.25, -0.2) is 0 Å². The van der Waals surface area contributed by atoms with E-state index in [1.165, 1.54) is 18.7 Å². The summed E-state index contributed by atoms with van der Waals surface area (Å²) < 4.78 is 0. The molecule has 0 N–H and O–H groups in total. The van der Waals surface area contributed by atoms with Crippen LogP contribution in [0.2, 0.25) is 0 Å². The Hall–Kier alpha value is -1.64. The van der Waals surface area contributed by atoms with E-state index in [-0.39, 0.29) is 17.9 Å². The molecule has 3 heteroatoms. The first-order valence-electron chi connectivity index (χ1n) is 5.30. The highest BCUT2D eigenvalue weighted by molar-refractivity contribution is 5.93. The number of aryl methyl sites for hydroxylation is 1. The molecular weight excluding hydrogens is 202 g/mol. The monoisotopic (exact) mass is 219 g/mol. The van der Waals surface area contributed by atoms with Crippen molar-refractivity contribution in [3.05, 3.63) is 35.4 Å². The Morgan fingerprint density at radius 2 is 1.75 bits per heavy atom. The van der Waals surface area contributed by atoms with Gasteiger partial charge in [0, 0.05) is 13.8 Å². The fraction of sp³-hybridized carbons (Fsp3) is 0.385. The van der Waals surface area contributed by atoms with Gasteiger partial charge in [0.05, 0.1) is 6.04 Å². The fourth-order valence-corrected chi connectivity index (χ4v) is 1.85. The molecule has 2 amide bonds. The van der Waals surface area contributed by atoms with Crippen molar-refractivity contribution in [3.63, 3.8) is 0 Å². The maximum Gasteiger partial charge on any atom is 0.226 e. The zero-order chi connectivity index (χ0) is 12.3. The van der Waals surface area contributed by atoms with Crippen molar-refractivity contribution in [3.8, 4) is 0 Å². The van der Waals surface area contributed by atoms with Gasteiger partial charge < -0.3 is 0 Å². The standard InChI is InChI=1S/C13H17NO2/c1-9-6-5-7-13(8-9)10(2)14(11(3)15)12(4)16/h5-8,10H,1-4H3/t10-/m1/s1. The molecule has 0 aromatic heterocycles. The molecule has 0 saturated carbocycles. The Morgan fingerprint density at radius 3 is 2.19 bits per heavy atom. The Morgan fingerprint density at radius 1 is 1.19 bits per heavy atom. The number of benzene rings is 1. The quantitative estimate of drug-likeness (QED) is 0.766. The van der Waals surface area contributed by atoms with Gasteiger partial charge in [-0.1, -0.05) is 29.8 Å². The minimum Gasteiger partial charge on any atom is -0.276 e. The number of rotatable bonds is 2. The van der Waals surface area contributed by atoms with E-state index in [0.717, 1.165) is 11.1 Å². The number of carbonyl (C=O) groups is 2. The maximum atomic E-state index is 11.4. The molecule has 86 valence electrons. The number of carbonyl (C=O) groups excluding carboxylic acids is 2. The van der Waals surface area contributed by atoms with Gasteiger partial charge in [0.1, 0.15) is 0 Å². The maximum absolute atomic E-state index is 11.4. The van der Waals surface area contributed by atoms with Crippen molar-refractivity contribution in [2.24, 2.45) is 0 Å². The summed E-state index contributed by atoms with van der Waals surface area (Å²) in [5.74, 6) is -0.442. The summed E-state index contributed by atoms with van der Waals surface area (Å²) in [6.07, 6.45) is 0. The molecule has 0 aliphatic carbocycles. The van der Waals surface area contributed by atoms with Crippen molar-refractivity contribution in [2.45, 2.75) is 33.7 Å². The van der Waals surface area contributed by atoms with Gasteiger partial charge in [0.15, 0.2) is 0 Å². The average molecular weight is 219 g/mol. The predicted octanol–water partition coefficient (Wildman–Crippen LogP) is 2.45. The van der Waals surface area contributed by atoms with Crippen LogP contribution in [0.1, 0.15) is 37.9 Å². The van der Waals surface area contributed by atoms with E-state index >= 15 is 0 Å². The predicted molar refractivity (Wildman–Crippen MR) is 62.8 cm³/mol. The number of hydrogen-bond donors (Lipinski definition) is 0. The van der Waals surface area contributed by atoms with Crippen LogP contribution in [0, 0.1) is 6.92 Å². The topological polar surface area (TPSA) is 37.4 Å². The van der Waals surface area contributed by atoms with Crippen LogP contribution in [0.4, 0.5) is 0 Å². The van der Waals surface area contributed by atoms with Crippen LogP contribution >= 0.6 is 0 Å². The first kappa shape index (κ1) is 12.4. The third-order valence-electron chi connectivity index (χ3n) is 2.59. The molecule has 0 bridgehead atoms. The number of amides is 2. The third kappa shape index (κ3) is 2.69. The lowest BCUT2D eigenvalue weighted by molar-refractivity contribution is -0.144. The summed E-state index contributed by atoms with van der Waals surface area (Å²) in [7, 11) is 0. The molecular formula is C13H17NO2. The van der Waals surface area contributed by atoms with Gasteiger partial charge >= 0.3 is 0 Å². The molecule has 1 atom stereocenters. The van der Waals surface area contributed by atoms with Crippen molar-refractivity contribution in [2.75, 3.05) is 0 Å². The lowest BCUT2D eigenvalue weighted by Gasteiger charge is -2.25. The molecule has 16 heavy (non-hydrogen) atoms. The average Bonchev–Trinajstić information content (AvgIpc) is 2.16. The van der Waals surface area contributed by atoms with Gasteiger partial charge in [-0.3, -0.25) is 14.5 Å². The van der Waals surface area contributed by atoms with Crippen molar-refractivity contribution < 1.29 is 9.59 Å². The summed E-state index contributed by atoms with van der Waals surface area (Å²) in [6.45, 7) is 6.67. The Labute approximate surface area is 96.1 Å². The third-order valence-corrected chi connectivity index (χ3v) is 2.59. The van der Waals surface area contributed by atoms with Crippen molar-refractivity contribution >= 4 is 11.8 Å². The highest BCUT2D eigenvalue weighted by atomic mass is 16.2. The first-order valence-corrected chi connectivity index (χ1v) is 5.30. The summed E-state index contributed by atoms with van der Waals surface area (Å²) in [6, 6.07) is 7.62. The second-order valence-corrected chi connectivity index (χ2v) is 4.00. The highest BCUT2D eigenvalue weighted by Crippen LogP contribution is 2.21. The van der Waals surface area contributed by atoms with Crippen LogP contribution in [0.25, 0.3) is 0 Å². The molecule has 0 heterocycles. The van der Waals surface area contributed by atoms with E-state index in [2.05, 4.69) is 0 Å². The number of hydrogen-bond acceptors (Lipinski definition) is 2. The molecule has 0 aliphatic rings. The highest BCUT2D eigenvalue weighted by Gasteiger charge is 2.21. The first-order chi connectivity index (χ1) is 7.43. The molecule has 0 saturated heterocycles. The van der Waals surface area contributed by atoms with E-state index in [1.807, 2.05) is 38.1 Å². The van der Waals surface area contributed by atoms with Crippen molar-refractivity contribution in [1.82, 2.24) is 4.90 Å². The Bertz CT molecular complexity index is 398. The Balaban J connectivity index is 3.03. The van der Waals surface area contributed by atoms with Gasteiger partial charge in [-0.05, 0) is 19.4 Å². The Kier molecular flexibility index (Phi) is 3.82. The van der Waals surface area contributed by atoms with Crippen LogP contribution in [0.15, 0.2) is 24.3 Å². The van der Waals surface area contributed by atoms with E-state index in [9.17, 15) is 9.59 Å². The molecule has 0 aliphatic heterocycles. The second-order valence-electron chi connectivity index (χ2n) is 4.00. The van der Waals surface area contributed by atoms with E-state index < -0.39 is 0 Å². The normalized spacial score (nSPS) is 12.0. The van der Waals surface area contributed by atoms with Crippen LogP contribution in [0.5, 0.6) is 0 Å². The van der Waals surface area contributed by atoms with Gasteiger partial charge in [0.25, 0.3) is 0 Å². The molecule has 1 rings (SSSR count). The molecule has 0 radical (unpaired) electrons. The molecule has 1 aromatic rings. The number of imide groups is 1. The van der Waals surface area contributed by atoms with E-state index in [0.29, 0.717) is 0 Å². The zero-order valence-corrected chi connectivity index (χ0v) is 10.2. The van der Waals surface area contributed by atoms with Gasteiger partial charge in [-0.15, -0.1) is 0 Å². The summed E-state index contributed by atoms with van der Waals surface area (Å²) in [5.41, 5.74) is 2.10. The SMILES string of the molecule is CC(=O)N(C(C)=O)[C@H](C)c1cccc(C)c1. The molecule has 1 aromatic carbocycles. The molecule has 3 nitrogen and oxygen atoms in total. The van der Waals surface area contributed by atoms with E-state index in [4.69, 9.17) is 0 Å². The van der Waals surface area contributed by atoms with E-state index in [1.54, 1.807) is 0 Å². The van der Waals surface area contributed by atoms with Crippen LogP contribution in [-0.2, 0) is 9.59 Å². The van der Waals surface area contributed by atoms with Crippen LogP contribution in [0.3, 0.4) is 0 Å². The minimum absolute atomic E-state index is 0.213. The largest absolute Gasteiger partial charge is 0.276 e. The summed E-state index contributed by atoms with van der Waals surface area (Å²) in [5, 5.41) is 0. The summed E-state index contributed by atoms with van der Waals surface area (Å²) >= 11 is 0. The summed E-state index contributed by atoms with van der Waals surface area (Å²) in [4.78, 5) is 24.1. The lowest BCUT2D eigenvalue weighted by Crippen LogP contribution is -2.35. The molecule has 0 spiro atoms. The fourth-order valence-electron chi connectivity index (χ4n) is 1.85. The second kappa shape index (κ2) is 4.92. The van der Waals surface area contributed by atoms with Crippen molar-refractivity contribution in [1.29, 1.82) is 0 Å².